The van der Waals surface area contributed by atoms with Gasteiger partial charge in [0.25, 0.3) is 0 Å². The zero-order chi connectivity index (χ0) is 17.6. The molecule has 1 aliphatic carbocycles. The van der Waals surface area contributed by atoms with Gasteiger partial charge >= 0.3 is 0 Å². The molecule has 4 aromatic rings. The summed E-state index contributed by atoms with van der Waals surface area (Å²) in [6.07, 6.45) is 0. The van der Waals surface area contributed by atoms with Crippen molar-refractivity contribution in [3.8, 4) is 11.1 Å². The normalized spacial score (nSPS) is 13.4. The Kier molecular flexibility index (Phi) is 4.89. The van der Waals surface area contributed by atoms with Crippen LogP contribution in [-0.4, -0.2) is 0 Å². The molecule has 0 aromatic heterocycles. The predicted octanol–water partition coefficient (Wildman–Crippen LogP) is 6.16. The molecule has 0 spiro atoms. The number of rotatable bonds is 2. The van der Waals surface area contributed by atoms with E-state index in [0.717, 1.165) is 0 Å². The molecule has 0 saturated heterocycles. The maximum Gasteiger partial charge on any atom is 0.0494 e. The second-order valence-electron chi connectivity index (χ2n) is 7.00. The quantitative estimate of drug-likeness (QED) is 0.300. The Morgan fingerprint density at radius 1 is 0.593 bits per heavy atom. The molecule has 127 valence electrons. The minimum Gasteiger partial charge on any atom is -0.184 e. The van der Waals surface area contributed by atoms with E-state index in [9.17, 15) is 0 Å². The van der Waals surface area contributed by atoms with E-state index >= 15 is 0 Å². The first-order valence-corrected chi connectivity index (χ1v) is 9.05. The van der Waals surface area contributed by atoms with Gasteiger partial charge in [0.15, 0.2) is 0 Å². The van der Waals surface area contributed by atoms with E-state index in [1.54, 1.807) is 0 Å². The topological polar surface area (TPSA) is 0 Å². The van der Waals surface area contributed by atoms with Crippen LogP contribution in [0.1, 0.15) is 27.8 Å². The van der Waals surface area contributed by atoms with Crippen LogP contribution in [0.25, 0.3) is 11.1 Å². The van der Waals surface area contributed by atoms with Gasteiger partial charge in [-0.25, -0.2) is 0 Å². The summed E-state index contributed by atoms with van der Waals surface area (Å²) in [4.78, 5) is 0. The zero-order valence-corrected chi connectivity index (χ0v) is 18.2. The Balaban J connectivity index is 0.00000180. The molecule has 0 fully saturated rings. The molecule has 0 aliphatic heterocycles. The molecule has 1 heteroatoms. The molecule has 0 heterocycles. The summed E-state index contributed by atoms with van der Waals surface area (Å²) in [5.41, 5.74) is 8.98. The number of hydrogen-bond acceptors (Lipinski definition) is 0. The molecular weight excluding hydrogens is 401 g/mol. The van der Waals surface area contributed by atoms with Crippen molar-refractivity contribution in [1.29, 1.82) is 0 Å². The summed E-state index contributed by atoms with van der Waals surface area (Å²) in [6, 6.07) is 38.3. The molecule has 5 rings (SSSR count). The van der Waals surface area contributed by atoms with Gasteiger partial charge in [-0.3, -0.25) is 0 Å². The maximum atomic E-state index is 3.18. The molecule has 0 saturated carbocycles. The van der Waals surface area contributed by atoms with Crippen LogP contribution < -0.4 is 0 Å². The molecule has 0 unspecified atom stereocenters. The van der Waals surface area contributed by atoms with Crippen molar-refractivity contribution in [3.63, 3.8) is 0 Å². The number of fused-ring (bicyclic) bond motifs is 3. The first-order valence-electron chi connectivity index (χ1n) is 9.05. The molecule has 0 amide bonds. The molecule has 27 heavy (non-hydrogen) atoms. The van der Waals surface area contributed by atoms with E-state index < -0.39 is 0 Å². The fourth-order valence-corrected chi connectivity index (χ4v) is 4.46. The molecule has 0 nitrogen and oxygen atoms in total. The summed E-state index contributed by atoms with van der Waals surface area (Å²) in [6.45, 7) is 2.14. The minimum absolute atomic E-state index is 0. The van der Waals surface area contributed by atoms with Gasteiger partial charge in [0, 0.05) is 38.1 Å². The summed E-state index contributed by atoms with van der Waals surface area (Å²) >= 11 is 0. The van der Waals surface area contributed by atoms with Crippen LogP contribution in [0, 0.1) is 13.0 Å². The van der Waals surface area contributed by atoms with Crippen LogP contribution in [0.3, 0.4) is 0 Å². The first-order chi connectivity index (χ1) is 12.8. The van der Waals surface area contributed by atoms with Gasteiger partial charge in [-0.15, -0.1) is 5.56 Å². The zero-order valence-electron chi connectivity index (χ0n) is 15.3. The van der Waals surface area contributed by atoms with Crippen molar-refractivity contribution >= 4 is 0 Å². The van der Waals surface area contributed by atoms with Crippen LogP contribution in [0.2, 0.25) is 0 Å². The van der Waals surface area contributed by atoms with E-state index in [1.165, 1.54) is 38.9 Å². The SMILES string of the molecule is Cc1ccc(C2(c3cc[c-]cc3)c3ccccc3-c3ccccc32)cc1.[Y]. The molecular formula is C26H19Y-. The van der Waals surface area contributed by atoms with Gasteiger partial charge in [-0.1, -0.05) is 78.4 Å². The van der Waals surface area contributed by atoms with Gasteiger partial charge in [-0.05, 0) is 34.7 Å². The van der Waals surface area contributed by atoms with Gasteiger partial charge in [-0.2, -0.15) is 30.3 Å². The third-order valence-electron chi connectivity index (χ3n) is 5.59. The Labute approximate surface area is 186 Å². The predicted molar refractivity (Wildman–Crippen MR) is 107 cm³/mol. The van der Waals surface area contributed by atoms with Crippen LogP contribution in [0.4, 0.5) is 0 Å². The van der Waals surface area contributed by atoms with Crippen LogP contribution in [0.5, 0.6) is 0 Å². The van der Waals surface area contributed by atoms with E-state index in [-0.39, 0.29) is 38.1 Å². The summed E-state index contributed by atoms with van der Waals surface area (Å²) in [7, 11) is 0. The standard InChI is InChI=1S/C26H19.Y/c1-19-15-17-21(18-16-19)26(20-9-3-2-4-10-20)24-13-7-5-11-22(24)23-12-6-8-14-25(23)26;/h3-18H,1H3;/q-1;. The Morgan fingerprint density at radius 3 is 1.63 bits per heavy atom. The molecule has 1 radical (unpaired) electrons. The van der Waals surface area contributed by atoms with Crippen molar-refractivity contribution in [2.45, 2.75) is 12.3 Å². The molecule has 1 aliphatic rings. The number of aryl methyl sites for hydroxylation is 1. The Hall–Kier alpha value is -2.02. The largest absolute Gasteiger partial charge is 0.184 e. The summed E-state index contributed by atoms with van der Waals surface area (Å²) in [5.74, 6) is 0. The van der Waals surface area contributed by atoms with Crippen LogP contribution >= 0.6 is 0 Å². The fraction of sp³-hybridized carbons (Fsp3) is 0.0769. The summed E-state index contributed by atoms with van der Waals surface area (Å²) < 4.78 is 0. The second-order valence-corrected chi connectivity index (χ2v) is 7.00. The second kappa shape index (κ2) is 7.19. The Bertz CT molecular complexity index is 1030. The van der Waals surface area contributed by atoms with E-state index in [1.807, 2.05) is 12.1 Å². The molecule has 0 atom stereocenters. The number of benzene rings is 4. The Morgan fingerprint density at radius 2 is 1.07 bits per heavy atom. The van der Waals surface area contributed by atoms with Crippen LogP contribution in [0.15, 0.2) is 97.1 Å². The smallest absolute Gasteiger partial charge is 0.0494 e. The van der Waals surface area contributed by atoms with Crippen molar-refractivity contribution in [1.82, 2.24) is 0 Å². The van der Waals surface area contributed by atoms with Crippen molar-refractivity contribution < 1.29 is 32.7 Å². The maximum absolute atomic E-state index is 3.18. The van der Waals surface area contributed by atoms with E-state index in [0.29, 0.717) is 0 Å². The van der Waals surface area contributed by atoms with Gasteiger partial charge in [0.05, 0.1) is 0 Å². The van der Waals surface area contributed by atoms with E-state index in [4.69, 9.17) is 0 Å². The number of hydrogen-bond donors (Lipinski definition) is 0. The molecule has 0 N–H and O–H groups in total. The van der Waals surface area contributed by atoms with E-state index in [2.05, 4.69) is 97.9 Å². The van der Waals surface area contributed by atoms with Gasteiger partial charge in [0.1, 0.15) is 0 Å². The third kappa shape index (κ3) is 2.66. The first kappa shape index (κ1) is 18.4. The fourth-order valence-electron chi connectivity index (χ4n) is 4.46. The third-order valence-corrected chi connectivity index (χ3v) is 5.59. The van der Waals surface area contributed by atoms with Gasteiger partial charge in [0.2, 0.25) is 0 Å². The van der Waals surface area contributed by atoms with Crippen molar-refractivity contribution in [3.05, 3.63) is 131 Å². The van der Waals surface area contributed by atoms with Crippen molar-refractivity contribution in [2.24, 2.45) is 0 Å². The van der Waals surface area contributed by atoms with Crippen molar-refractivity contribution in [2.75, 3.05) is 0 Å². The average molecular weight is 420 g/mol. The van der Waals surface area contributed by atoms with Gasteiger partial charge < -0.3 is 0 Å². The summed E-state index contributed by atoms with van der Waals surface area (Å²) in [5, 5.41) is 0. The molecule has 4 aromatic carbocycles. The molecule has 0 bridgehead atoms. The monoisotopic (exact) mass is 420 g/mol. The average Bonchev–Trinajstić information content (AvgIpc) is 3.01. The van der Waals surface area contributed by atoms with Crippen LogP contribution in [-0.2, 0) is 38.1 Å². The minimum atomic E-state index is -0.282.